The van der Waals surface area contributed by atoms with Gasteiger partial charge in [-0.2, -0.15) is 0 Å². The van der Waals surface area contributed by atoms with Gasteiger partial charge in [-0.05, 0) is 43.4 Å². The molecule has 1 atom stereocenters. The molecule has 1 saturated carbocycles. The largest absolute Gasteiger partial charge is 0.329 e. The molecular formula is C12H17Cl2FN2O2S. The number of nitrogens with two attached hydrogens (primary N) is 1. The van der Waals surface area contributed by atoms with E-state index >= 15 is 0 Å². The van der Waals surface area contributed by atoms with Gasteiger partial charge >= 0.3 is 0 Å². The van der Waals surface area contributed by atoms with Crippen molar-refractivity contribution < 1.29 is 12.8 Å². The fourth-order valence-corrected chi connectivity index (χ4v) is 3.85. The first-order valence-electron chi connectivity index (χ1n) is 6.03. The normalized spacial score (nSPS) is 16.6. The monoisotopic (exact) mass is 342 g/mol. The number of aryl methyl sites for hydroxylation is 1. The van der Waals surface area contributed by atoms with E-state index in [1.54, 1.807) is 0 Å². The molecule has 0 aromatic heterocycles. The van der Waals surface area contributed by atoms with Crippen molar-refractivity contribution in [2.24, 2.45) is 11.7 Å². The van der Waals surface area contributed by atoms with Crippen LogP contribution >= 0.6 is 24.0 Å². The van der Waals surface area contributed by atoms with Crippen molar-refractivity contribution in [1.29, 1.82) is 0 Å². The average molecular weight is 343 g/mol. The van der Waals surface area contributed by atoms with Crippen LogP contribution in [0.25, 0.3) is 0 Å². The molecule has 1 aromatic carbocycles. The lowest BCUT2D eigenvalue weighted by Gasteiger charge is -2.17. The molecule has 0 heterocycles. The zero-order valence-electron chi connectivity index (χ0n) is 10.9. The van der Waals surface area contributed by atoms with Gasteiger partial charge in [0.05, 0.1) is 5.02 Å². The minimum Gasteiger partial charge on any atom is -0.329 e. The minimum absolute atomic E-state index is 0. The third-order valence-corrected chi connectivity index (χ3v) is 5.21. The molecule has 0 amide bonds. The molecule has 1 aliphatic rings. The second-order valence-electron chi connectivity index (χ2n) is 4.83. The predicted molar refractivity (Wildman–Crippen MR) is 79.3 cm³/mol. The number of benzene rings is 1. The highest BCUT2D eigenvalue weighted by Gasteiger charge is 2.34. The molecule has 0 aliphatic heterocycles. The van der Waals surface area contributed by atoms with E-state index in [0.717, 1.165) is 18.9 Å². The molecule has 3 N–H and O–H groups in total. The molecule has 0 saturated heterocycles. The predicted octanol–water partition coefficient (Wildman–Crippen LogP) is 2.22. The molecular weight excluding hydrogens is 326 g/mol. The van der Waals surface area contributed by atoms with E-state index in [0.29, 0.717) is 5.92 Å². The SMILES string of the molecule is Cc1cc(S(=O)(=O)NC(CN)C2CC2)c(Cl)cc1F.Cl. The molecule has 2 rings (SSSR count). The van der Waals surface area contributed by atoms with Crippen LogP contribution in [-0.4, -0.2) is 21.0 Å². The Morgan fingerprint density at radius 1 is 1.50 bits per heavy atom. The summed E-state index contributed by atoms with van der Waals surface area (Å²) >= 11 is 5.82. The summed E-state index contributed by atoms with van der Waals surface area (Å²) < 4.78 is 40.3. The van der Waals surface area contributed by atoms with Gasteiger partial charge < -0.3 is 5.73 Å². The first kappa shape index (κ1) is 17.7. The Labute approximate surface area is 129 Å². The maximum Gasteiger partial charge on any atom is 0.242 e. The summed E-state index contributed by atoms with van der Waals surface area (Å²) in [7, 11) is -3.78. The van der Waals surface area contributed by atoms with Crippen LogP contribution in [0.5, 0.6) is 0 Å². The van der Waals surface area contributed by atoms with Crippen LogP contribution in [0, 0.1) is 18.7 Å². The maximum absolute atomic E-state index is 13.3. The van der Waals surface area contributed by atoms with Gasteiger partial charge in [0, 0.05) is 12.6 Å². The summed E-state index contributed by atoms with van der Waals surface area (Å²) in [5.41, 5.74) is 5.81. The molecule has 8 heteroatoms. The van der Waals surface area contributed by atoms with E-state index in [4.69, 9.17) is 17.3 Å². The van der Waals surface area contributed by atoms with E-state index < -0.39 is 15.8 Å². The van der Waals surface area contributed by atoms with Crippen LogP contribution in [0.2, 0.25) is 5.02 Å². The maximum atomic E-state index is 13.3. The van der Waals surface area contributed by atoms with Gasteiger partial charge in [-0.1, -0.05) is 11.6 Å². The Morgan fingerprint density at radius 2 is 2.10 bits per heavy atom. The summed E-state index contributed by atoms with van der Waals surface area (Å²) in [4.78, 5) is -0.104. The van der Waals surface area contributed by atoms with E-state index in [1.807, 2.05) is 0 Å². The number of nitrogens with one attached hydrogen (secondary N) is 1. The van der Waals surface area contributed by atoms with Gasteiger partial charge in [-0.15, -0.1) is 12.4 Å². The van der Waals surface area contributed by atoms with Gasteiger partial charge in [-0.25, -0.2) is 17.5 Å². The highest BCUT2D eigenvalue weighted by atomic mass is 35.5. The van der Waals surface area contributed by atoms with Crippen LogP contribution in [0.15, 0.2) is 17.0 Å². The zero-order chi connectivity index (χ0) is 14.2. The van der Waals surface area contributed by atoms with Crippen molar-refractivity contribution in [2.75, 3.05) is 6.54 Å². The van der Waals surface area contributed by atoms with Crippen molar-refractivity contribution in [3.8, 4) is 0 Å². The number of halogens is 3. The van der Waals surface area contributed by atoms with Crippen LogP contribution in [0.1, 0.15) is 18.4 Å². The van der Waals surface area contributed by atoms with Crippen LogP contribution in [-0.2, 0) is 10.0 Å². The van der Waals surface area contributed by atoms with Crippen molar-refractivity contribution in [3.05, 3.63) is 28.5 Å². The Kier molecular flexibility index (Phi) is 5.80. The quantitative estimate of drug-likeness (QED) is 0.861. The molecule has 1 fully saturated rings. The standard InChI is InChI=1S/C12H16ClFN2O2S.ClH/c1-7-4-12(9(13)5-10(7)14)19(17,18)16-11(6-15)8-2-3-8;/h4-5,8,11,16H,2-3,6,15H2,1H3;1H. The smallest absolute Gasteiger partial charge is 0.242 e. The average Bonchev–Trinajstić information content (AvgIpc) is 3.14. The van der Waals surface area contributed by atoms with E-state index in [-0.39, 0.29) is 40.5 Å². The lowest BCUT2D eigenvalue weighted by molar-refractivity contribution is 0.519. The Bertz CT molecular complexity index is 591. The van der Waals surface area contributed by atoms with Gasteiger partial charge in [0.15, 0.2) is 0 Å². The number of hydrogen-bond acceptors (Lipinski definition) is 3. The number of rotatable bonds is 5. The second kappa shape index (κ2) is 6.58. The fourth-order valence-electron chi connectivity index (χ4n) is 1.93. The lowest BCUT2D eigenvalue weighted by atomic mass is 10.2. The Hall–Kier alpha value is -0.400. The highest BCUT2D eigenvalue weighted by Crippen LogP contribution is 2.33. The molecule has 0 spiro atoms. The van der Waals surface area contributed by atoms with Crippen molar-refractivity contribution in [2.45, 2.75) is 30.7 Å². The Balaban J connectivity index is 0.00000200. The van der Waals surface area contributed by atoms with Crippen molar-refractivity contribution in [3.63, 3.8) is 0 Å². The third kappa shape index (κ3) is 3.83. The fraction of sp³-hybridized carbons (Fsp3) is 0.500. The molecule has 1 aromatic rings. The van der Waals surface area contributed by atoms with E-state index in [2.05, 4.69) is 4.72 Å². The molecule has 114 valence electrons. The summed E-state index contributed by atoms with van der Waals surface area (Å²) in [6.07, 6.45) is 1.95. The molecule has 1 unspecified atom stereocenters. The molecule has 20 heavy (non-hydrogen) atoms. The van der Waals surface area contributed by atoms with Gasteiger partial charge in [-0.3, -0.25) is 0 Å². The number of sulfonamides is 1. The topological polar surface area (TPSA) is 72.2 Å². The second-order valence-corrected chi connectivity index (χ2v) is 6.92. The van der Waals surface area contributed by atoms with E-state index in [9.17, 15) is 12.8 Å². The summed E-state index contributed by atoms with van der Waals surface area (Å²) in [5.74, 6) is -0.235. The highest BCUT2D eigenvalue weighted by molar-refractivity contribution is 7.89. The van der Waals surface area contributed by atoms with Gasteiger partial charge in [0.25, 0.3) is 0 Å². The Morgan fingerprint density at radius 3 is 2.60 bits per heavy atom. The summed E-state index contributed by atoms with van der Waals surface area (Å²) in [6, 6.07) is 1.96. The van der Waals surface area contributed by atoms with Crippen LogP contribution in [0.4, 0.5) is 4.39 Å². The molecule has 1 aliphatic carbocycles. The summed E-state index contributed by atoms with van der Waals surface area (Å²) in [6.45, 7) is 1.73. The number of hydrogen-bond donors (Lipinski definition) is 2. The molecule has 0 bridgehead atoms. The van der Waals surface area contributed by atoms with Gasteiger partial charge in [0.2, 0.25) is 10.0 Å². The first-order chi connectivity index (χ1) is 8.85. The zero-order valence-corrected chi connectivity index (χ0v) is 13.3. The van der Waals surface area contributed by atoms with E-state index in [1.165, 1.54) is 13.0 Å². The van der Waals surface area contributed by atoms with Crippen molar-refractivity contribution in [1.82, 2.24) is 4.72 Å². The van der Waals surface area contributed by atoms with Crippen LogP contribution < -0.4 is 10.5 Å². The first-order valence-corrected chi connectivity index (χ1v) is 7.89. The summed E-state index contributed by atoms with van der Waals surface area (Å²) in [5, 5.41) is -0.123. The lowest BCUT2D eigenvalue weighted by Crippen LogP contribution is -2.41. The molecule has 4 nitrogen and oxygen atoms in total. The molecule has 0 radical (unpaired) electrons. The minimum atomic E-state index is -3.78. The van der Waals surface area contributed by atoms with Crippen LogP contribution in [0.3, 0.4) is 0 Å². The third-order valence-electron chi connectivity index (χ3n) is 3.25. The van der Waals surface area contributed by atoms with Gasteiger partial charge in [0.1, 0.15) is 10.7 Å². The van der Waals surface area contributed by atoms with Crippen molar-refractivity contribution >= 4 is 34.0 Å².